The molecule has 1 amide bonds. The number of nitrogens with zero attached hydrogens (tertiary/aromatic N) is 2. The summed E-state index contributed by atoms with van der Waals surface area (Å²) in [5, 5.41) is 12.9. The van der Waals surface area contributed by atoms with Crippen LogP contribution < -0.4 is 5.32 Å². The first-order valence-corrected chi connectivity index (χ1v) is 6.17. The molecule has 0 spiro atoms. The number of aromatic nitrogens is 1. The zero-order chi connectivity index (χ0) is 12.9. The first kappa shape index (κ1) is 11.2. The van der Waals surface area contributed by atoms with E-state index in [2.05, 4.69) is 32.3 Å². The molecule has 2 aromatic rings. The second-order valence-electron chi connectivity index (χ2n) is 4.40. The van der Waals surface area contributed by atoms with Crippen LogP contribution in [0.5, 0.6) is 0 Å². The van der Waals surface area contributed by atoms with Gasteiger partial charge in [0.1, 0.15) is 0 Å². The van der Waals surface area contributed by atoms with E-state index in [9.17, 15) is 10.1 Å². The van der Waals surface area contributed by atoms with Gasteiger partial charge in [0, 0.05) is 15.4 Å². The maximum atomic E-state index is 11.9. The summed E-state index contributed by atoms with van der Waals surface area (Å²) in [7, 11) is 0. The van der Waals surface area contributed by atoms with Crippen LogP contribution in [-0.2, 0) is 10.2 Å². The molecule has 0 saturated heterocycles. The molecule has 2 heterocycles. The number of rotatable bonds is 0. The number of nitriles is 1. The van der Waals surface area contributed by atoms with E-state index >= 15 is 0 Å². The van der Waals surface area contributed by atoms with Crippen molar-refractivity contribution < 1.29 is 4.79 Å². The van der Waals surface area contributed by atoms with Crippen LogP contribution in [0.3, 0.4) is 0 Å². The Morgan fingerprint density at radius 3 is 3.00 bits per heavy atom. The van der Waals surface area contributed by atoms with Crippen LogP contribution in [0.2, 0.25) is 0 Å². The third-order valence-corrected chi connectivity index (χ3v) is 3.75. The van der Waals surface area contributed by atoms with Crippen LogP contribution in [-0.4, -0.2) is 10.9 Å². The molecule has 4 nitrogen and oxygen atoms in total. The summed E-state index contributed by atoms with van der Waals surface area (Å²) in [4.78, 5) is 16.2. The minimum absolute atomic E-state index is 0.297. The molecule has 0 radical (unpaired) electrons. The van der Waals surface area contributed by atoms with Crippen molar-refractivity contribution in [3.8, 4) is 6.07 Å². The first-order chi connectivity index (χ1) is 8.56. The molecule has 1 atom stereocenters. The van der Waals surface area contributed by atoms with Gasteiger partial charge >= 0.3 is 0 Å². The smallest absolute Gasteiger partial charge is 0.249 e. The summed E-state index contributed by atoms with van der Waals surface area (Å²) in [6.07, 6.45) is 1.60. The Kier molecular flexibility index (Phi) is 2.19. The van der Waals surface area contributed by atoms with Gasteiger partial charge in [0.15, 0.2) is 5.41 Å². The summed E-state index contributed by atoms with van der Waals surface area (Å²) in [6.45, 7) is 1.63. The van der Waals surface area contributed by atoms with Crippen molar-refractivity contribution in [1.29, 1.82) is 5.26 Å². The van der Waals surface area contributed by atoms with Crippen LogP contribution in [0, 0.1) is 11.3 Å². The van der Waals surface area contributed by atoms with Crippen molar-refractivity contribution in [2.24, 2.45) is 0 Å². The van der Waals surface area contributed by atoms with Gasteiger partial charge in [-0.1, -0.05) is 15.9 Å². The molecule has 3 rings (SSSR count). The second-order valence-corrected chi connectivity index (χ2v) is 5.31. The average molecular weight is 302 g/mol. The molecule has 0 aliphatic carbocycles. The summed E-state index contributed by atoms with van der Waals surface area (Å²) in [5.41, 5.74) is 0.947. The van der Waals surface area contributed by atoms with Gasteiger partial charge in [0.25, 0.3) is 0 Å². The van der Waals surface area contributed by atoms with Crippen molar-refractivity contribution in [2.75, 3.05) is 5.32 Å². The minimum Gasteiger partial charge on any atom is -0.323 e. The topological polar surface area (TPSA) is 65.8 Å². The maximum Gasteiger partial charge on any atom is 0.249 e. The third kappa shape index (κ3) is 1.30. The van der Waals surface area contributed by atoms with E-state index in [0.29, 0.717) is 11.3 Å². The van der Waals surface area contributed by atoms with Gasteiger partial charge in [-0.05, 0) is 25.1 Å². The number of anilines is 1. The van der Waals surface area contributed by atoms with Gasteiger partial charge in [0.2, 0.25) is 5.91 Å². The quantitative estimate of drug-likeness (QED) is 0.813. The number of amides is 1. The van der Waals surface area contributed by atoms with E-state index < -0.39 is 5.41 Å². The molecule has 1 aromatic carbocycles. The summed E-state index contributed by atoms with van der Waals surface area (Å²) >= 11 is 3.40. The van der Waals surface area contributed by atoms with E-state index in [-0.39, 0.29) is 5.91 Å². The molecule has 0 fully saturated rings. The molecular formula is C13H8BrN3O. The van der Waals surface area contributed by atoms with Crippen molar-refractivity contribution in [3.05, 3.63) is 34.4 Å². The Balaban J connectivity index is 2.46. The van der Waals surface area contributed by atoms with E-state index in [4.69, 9.17) is 0 Å². The number of pyridine rings is 1. The zero-order valence-corrected chi connectivity index (χ0v) is 11.1. The SMILES string of the molecule is CC1(C#N)C(=O)Nc2cnc3ccc(Br)cc3c21. The number of hydrogen-bond acceptors (Lipinski definition) is 3. The molecule has 1 aromatic heterocycles. The normalized spacial score (nSPS) is 21.5. The Bertz CT molecular complexity index is 735. The fraction of sp³-hybridized carbons (Fsp3) is 0.154. The van der Waals surface area contributed by atoms with Gasteiger partial charge in [-0.15, -0.1) is 0 Å². The molecule has 1 aliphatic heterocycles. The summed E-state index contributed by atoms with van der Waals surface area (Å²) < 4.78 is 0.893. The van der Waals surface area contributed by atoms with Crippen LogP contribution in [0.1, 0.15) is 12.5 Å². The molecular weight excluding hydrogens is 294 g/mol. The number of hydrogen-bond donors (Lipinski definition) is 1. The monoisotopic (exact) mass is 301 g/mol. The lowest BCUT2D eigenvalue weighted by molar-refractivity contribution is -0.118. The van der Waals surface area contributed by atoms with E-state index in [0.717, 1.165) is 15.4 Å². The van der Waals surface area contributed by atoms with Gasteiger partial charge in [0.05, 0.1) is 23.5 Å². The molecule has 18 heavy (non-hydrogen) atoms. The molecule has 1 N–H and O–H groups in total. The van der Waals surface area contributed by atoms with Crippen molar-refractivity contribution in [1.82, 2.24) is 4.98 Å². The molecule has 1 aliphatic rings. The highest BCUT2D eigenvalue weighted by molar-refractivity contribution is 9.10. The second kappa shape index (κ2) is 3.53. The molecule has 1 unspecified atom stereocenters. The van der Waals surface area contributed by atoms with Crippen LogP contribution in [0.4, 0.5) is 5.69 Å². The fourth-order valence-electron chi connectivity index (χ4n) is 2.27. The van der Waals surface area contributed by atoms with Gasteiger partial charge < -0.3 is 5.32 Å². The van der Waals surface area contributed by atoms with Crippen molar-refractivity contribution >= 4 is 38.4 Å². The van der Waals surface area contributed by atoms with Crippen molar-refractivity contribution in [3.63, 3.8) is 0 Å². The predicted molar refractivity (Wildman–Crippen MR) is 71.0 cm³/mol. The molecule has 0 bridgehead atoms. The lowest BCUT2D eigenvalue weighted by Gasteiger charge is -2.14. The zero-order valence-electron chi connectivity index (χ0n) is 9.49. The third-order valence-electron chi connectivity index (χ3n) is 3.26. The number of fused-ring (bicyclic) bond motifs is 3. The van der Waals surface area contributed by atoms with Crippen molar-refractivity contribution in [2.45, 2.75) is 12.3 Å². The standard InChI is InChI=1S/C13H8BrN3O/c1-13(6-15)11-8-4-7(14)2-3-9(8)16-5-10(11)17-12(13)18/h2-5H,1H3,(H,17,18). The minimum atomic E-state index is -1.16. The molecule has 88 valence electrons. The number of nitrogens with one attached hydrogen (secondary N) is 1. The Labute approximate surface area is 112 Å². The highest BCUT2D eigenvalue weighted by Gasteiger charge is 2.44. The summed E-state index contributed by atoms with van der Waals surface area (Å²) in [6, 6.07) is 7.73. The number of benzene rings is 1. The molecule has 0 saturated carbocycles. The average Bonchev–Trinajstić information content (AvgIpc) is 2.62. The van der Waals surface area contributed by atoms with E-state index in [1.807, 2.05) is 18.2 Å². The Morgan fingerprint density at radius 2 is 2.28 bits per heavy atom. The highest BCUT2D eigenvalue weighted by Crippen LogP contribution is 2.41. The number of carbonyl (C=O) groups excluding carboxylic acids is 1. The summed E-state index contributed by atoms with van der Waals surface area (Å²) in [5.74, 6) is -0.297. The van der Waals surface area contributed by atoms with Gasteiger partial charge in [-0.2, -0.15) is 5.26 Å². The van der Waals surface area contributed by atoms with Gasteiger partial charge in [-0.3, -0.25) is 9.78 Å². The fourth-order valence-corrected chi connectivity index (χ4v) is 2.63. The van der Waals surface area contributed by atoms with Gasteiger partial charge in [-0.25, -0.2) is 0 Å². The van der Waals surface area contributed by atoms with Crippen LogP contribution in [0.25, 0.3) is 10.9 Å². The lowest BCUT2D eigenvalue weighted by Crippen LogP contribution is -2.29. The number of halogens is 1. The maximum absolute atomic E-state index is 11.9. The van der Waals surface area contributed by atoms with Crippen LogP contribution in [0.15, 0.2) is 28.9 Å². The Hall–Kier alpha value is -1.93. The largest absolute Gasteiger partial charge is 0.323 e. The van der Waals surface area contributed by atoms with Crippen LogP contribution >= 0.6 is 15.9 Å². The Morgan fingerprint density at radius 1 is 1.50 bits per heavy atom. The van der Waals surface area contributed by atoms with E-state index in [1.54, 1.807) is 13.1 Å². The molecule has 5 heteroatoms. The first-order valence-electron chi connectivity index (χ1n) is 5.38. The lowest BCUT2D eigenvalue weighted by atomic mass is 9.83. The highest BCUT2D eigenvalue weighted by atomic mass is 79.9. The van der Waals surface area contributed by atoms with E-state index in [1.165, 1.54) is 0 Å². The number of carbonyl (C=O) groups is 1. The predicted octanol–water partition coefficient (Wildman–Crippen LogP) is 2.73.